The first-order valence-electron chi connectivity index (χ1n) is 8.12. The van der Waals surface area contributed by atoms with Crippen molar-refractivity contribution in [3.63, 3.8) is 0 Å². The average Bonchev–Trinajstić information content (AvgIpc) is 2.56. The van der Waals surface area contributed by atoms with Crippen LogP contribution in [0.3, 0.4) is 0 Å². The molecule has 5 nitrogen and oxygen atoms in total. The molecule has 1 aromatic rings. The van der Waals surface area contributed by atoms with Gasteiger partial charge in [0, 0.05) is 5.56 Å². The van der Waals surface area contributed by atoms with E-state index in [1.807, 2.05) is 6.07 Å². The van der Waals surface area contributed by atoms with Crippen LogP contribution in [0, 0.1) is 11.3 Å². The Morgan fingerprint density at radius 1 is 1.13 bits per heavy atom. The van der Waals surface area contributed by atoms with Gasteiger partial charge in [-0.2, -0.15) is 5.26 Å². The van der Waals surface area contributed by atoms with Crippen molar-refractivity contribution >= 4 is 11.9 Å². The average molecular weight is 316 g/mol. The molecule has 0 fully saturated rings. The second-order valence-electron chi connectivity index (χ2n) is 5.61. The van der Waals surface area contributed by atoms with Crippen LogP contribution < -0.4 is 5.32 Å². The zero-order valence-electron chi connectivity index (χ0n) is 13.5. The predicted octanol–water partition coefficient (Wildman–Crippen LogP) is 3.49. The molecule has 124 valence electrons. The van der Waals surface area contributed by atoms with Crippen LogP contribution >= 0.6 is 0 Å². The van der Waals surface area contributed by atoms with Gasteiger partial charge in [0.25, 0.3) is 5.91 Å². The van der Waals surface area contributed by atoms with Gasteiger partial charge in [-0.3, -0.25) is 4.79 Å². The lowest BCUT2D eigenvalue weighted by atomic mass is 10.0. The van der Waals surface area contributed by atoms with Gasteiger partial charge in [0.05, 0.1) is 11.6 Å². The molecular weight excluding hydrogens is 292 g/mol. The summed E-state index contributed by atoms with van der Waals surface area (Å²) in [4.78, 5) is 23.4. The SMILES string of the molecule is CCCCCCCC[C@H](NC(=O)c1ccc(C#N)cc1)C(=O)O. The molecule has 0 spiro atoms. The zero-order chi connectivity index (χ0) is 17.1. The number of unbranched alkanes of at least 4 members (excludes halogenated alkanes) is 5. The fourth-order valence-corrected chi connectivity index (χ4v) is 2.32. The third kappa shape index (κ3) is 6.96. The van der Waals surface area contributed by atoms with E-state index in [1.54, 1.807) is 12.1 Å². The van der Waals surface area contributed by atoms with Crippen LogP contribution in [0.5, 0.6) is 0 Å². The van der Waals surface area contributed by atoms with Crippen molar-refractivity contribution in [3.05, 3.63) is 35.4 Å². The van der Waals surface area contributed by atoms with Gasteiger partial charge in [-0.25, -0.2) is 4.79 Å². The number of benzene rings is 1. The molecule has 0 saturated carbocycles. The van der Waals surface area contributed by atoms with Crippen molar-refractivity contribution in [1.29, 1.82) is 5.26 Å². The smallest absolute Gasteiger partial charge is 0.326 e. The predicted molar refractivity (Wildman–Crippen MR) is 88.0 cm³/mol. The third-order valence-corrected chi connectivity index (χ3v) is 3.73. The molecule has 1 aromatic carbocycles. The van der Waals surface area contributed by atoms with Gasteiger partial charge < -0.3 is 10.4 Å². The van der Waals surface area contributed by atoms with Gasteiger partial charge in [-0.05, 0) is 30.7 Å². The lowest BCUT2D eigenvalue weighted by Crippen LogP contribution is -2.40. The van der Waals surface area contributed by atoms with Gasteiger partial charge >= 0.3 is 5.97 Å². The number of nitrogens with zero attached hydrogens (tertiary/aromatic N) is 1. The van der Waals surface area contributed by atoms with Gasteiger partial charge in [-0.15, -0.1) is 0 Å². The molecule has 1 atom stereocenters. The van der Waals surface area contributed by atoms with E-state index < -0.39 is 17.9 Å². The molecule has 0 heterocycles. The molecule has 2 N–H and O–H groups in total. The molecule has 0 unspecified atom stereocenters. The summed E-state index contributed by atoms with van der Waals surface area (Å²) in [6, 6.07) is 7.23. The summed E-state index contributed by atoms with van der Waals surface area (Å²) in [5.74, 6) is -1.44. The normalized spacial score (nSPS) is 11.5. The van der Waals surface area contributed by atoms with Crippen LogP contribution in [0.4, 0.5) is 0 Å². The fraction of sp³-hybridized carbons (Fsp3) is 0.500. The second kappa shape index (κ2) is 10.4. The number of carbonyl (C=O) groups is 2. The van der Waals surface area contributed by atoms with Crippen molar-refractivity contribution in [2.75, 3.05) is 0 Å². The number of carboxylic acid groups (broad SMARTS) is 1. The highest BCUT2D eigenvalue weighted by molar-refractivity contribution is 5.96. The van der Waals surface area contributed by atoms with E-state index in [4.69, 9.17) is 5.26 Å². The van der Waals surface area contributed by atoms with E-state index in [0.717, 1.165) is 19.3 Å². The Morgan fingerprint density at radius 2 is 1.74 bits per heavy atom. The molecule has 1 amide bonds. The topological polar surface area (TPSA) is 90.2 Å². The Kier molecular flexibility index (Phi) is 8.45. The highest BCUT2D eigenvalue weighted by atomic mass is 16.4. The molecule has 0 radical (unpaired) electrons. The number of rotatable bonds is 10. The molecule has 0 aromatic heterocycles. The molecule has 0 aliphatic carbocycles. The molecule has 23 heavy (non-hydrogen) atoms. The first kappa shape index (κ1) is 18.7. The number of carboxylic acids is 1. The number of hydrogen-bond donors (Lipinski definition) is 2. The summed E-state index contributed by atoms with van der Waals surface area (Å²) in [6.07, 6.45) is 6.86. The van der Waals surface area contributed by atoms with Crippen molar-refractivity contribution < 1.29 is 14.7 Å². The molecule has 0 aliphatic rings. The molecule has 1 rings (SSSR count). The zero-order valence-corrected chi connectivity index (χ0v) is 13.5. The summed E-state index contributed by atoms with van der Waals surface area (Å²) < 4.78 is 0. The molecule has 0 saturated heterocycles. The minimum Gasteiger partial charge on any atom is -0.480 e. The summed E-state index contributed by atoms with van der Waals surface area (Å²) >= 11 is 0. The number of carbonyl (C=O) groups excluding carboxylic acids is 1. The first-order valence-corrected chi connectivity index (χ1v) is 8.12. The second-order valence-corrected chi connectivity index (χ2v) is 5.61. The van der Waals surface area contributed by atoms with Crippen molar-refractivity contribution in [3.8, 4) is 6.07 Å². The monoisotopic (exact) mass is 316 g/mol. The standard InChI is InChI=1S/C18H24N2O3/c1-2-3-4-5-6-7-8-16(18(22)23)20-17(21)15-11-9-14(13-19)10-12-15/h9-12,16H,2-8H2,1H3,(H,20,21)(H,22,23)/t16-/m0/s1. The van der Waals surface area contributed by atoms with Gasteiger partial charge in [0.1, 0.15) is 6.04 Å². The van der Waals surface area contributed by atoms with E-state index in [0.29, 0.717) is 17.5 Å². The Balaban J connectivity index is 2.46. The summed E-state index contributed by atoms with van der Waals surface area (Å²) in [7, 11) is 0. The van der Waals surface area contributed by atoms with Crippen LogP contribution in [0.15, 0.2) is 24.3 Å². The van der Waals surface area contributed by atoms with Crippen LogP contribution in [-0.4, -0.2) is 23.0 Å². The summed E-state index contributed by atoms with van der Waals surface area (Å²) in [5.41, 5.74) is 0.821. The molecule has 5 heteroatoms. The number of aliphatic carboxylic acids is 1. The van der Waals surface area contributed by atoms with E-state index in [9.17, 15) is 14.7 Å². The largest absolute Gasteiger partial charge is 0.480 e. The molecule has 0 bridgehead atoms. The Hall–Kier alpha value is -2.35. The number of hydrogen-bond acceptors (Lipinski definition) is 3. The van der Waals surface area contributed by atoms with Gasteiger partial charge in [-0.1, -0.05) is 45.4 Å². The number of nitrogens with one attached hydrogen (secondary N) is 1. The van der Waals surface area contributed by atoms with Crippen molar-refractivity contribution in [2.45, 2.75) is 57.9 Å². The van der Waals surface area contributed by atoms with Crippen molar-refractivity contribution in [1.82, 2.24) is 5.32 Å². The highest BCUT2D eigenvalue weighted by Crippen LogP contribution is 2.10. The maximum Gasteiger partial charge on any atom is 0.326 e. The van der Waals surface area contributed by atoms with E-state index in [1.165, 1.54) is 31.4 Å². The minimum absolute atomic E-state index is 0.359. The van der Waals surface area contributed by atoms with Gasteiger partial charge in [0.2, 0.25) is 0 Å². The van der Waals surface area contributed by atoms with Crippen molar-refractivity contribution in [2.24, 2.45) is 0 Å². The Labute approximate surface area is 137 Å². The quantitative estimate of drug-likeness (QED) is 0.646. The lowest BCUT2D eigenvalue weighted by Gasteiger charge is -2.14. The Morgan fingerprint density at radius 3 is 2.30 bits per heavy atom. The summed E-state index contributed by atoms with van der Waals surface area (Å²) in [5, 5.41) is 20.5. The number of nitriles is 1. The van der Waals surface area contributed by atoms with E-state index >= 15 is 0 Å². The van der Waals surface area contributed by atoms with Crippen LogP contribution in [0.1, 0.15) is 67.8 Å². The molecular formula is C18H24N2O3. The minimum atomic E-state index is -1.01. The fourth-order valence-electron chi connectivity index (χ4n) is 2.32. The maximum atomic E-state index is 12.1. The Bertz CT molecular complexity index is 546. The van der Waals surface area contributed by atoms with E-state index in [-0.39, 0.29) is 0 Å². The molecule has 0 aliphatic heterocycles. The van der Waals surface area contributed by atoms with Gasteiger partial charge in [0.15, 0.2) is 0 Å². The van der Waals surface area contributed by atoms with Crippen LogP contribution in [-0.2, 0) is 4.79 Å². The highest BCUT2D eigenvalue weighted by Gasteiger charge is 2.20. The summed E-state index contributed by atoms with van der Waals surface area (Å²) in [6.45, 7) is 2.15. The van der Waals surface area contributed by atoms with E-state index in [2.05, 4.69) is 12.2 Å². The lowest BCUT2D eigenvalue weighted by molar-refractivity contribution is -0.139. The third-order valence-electron chi connectivity index (χ3n) is 3.73. The van der Waals surface area contributed by atoms with Crippen LogP contribution in [0.25, 0.3) is 0 Å². The maximum absolute atomic E-state index is 12.1. The number of amides is 1. The first-order chi connectivity index (χ1) is 11.1. The van der Waals surface area contributed by atoms with Crippen LogP contribution in [0.2, 0.25) is 0 Å².